The average Bonchev–Trinajstić information content (AvgIpc) is 2.43. The van der Waals surface area contributed by atoms with Crippen molar-refractivity contribution < 1.29 is 10.1 Å². The Hall–Kier alpha value is -2.31. The first-order chi connectivity index (χ1) is 9.29. The summed E-state index contributed by atoms with van der Waals surface area (Å²) < 4.78 is 0. The van der Waals surface area contributed by atoms with Gasteiger partial charge in [0, 0.05) is 24.7 Å². The Labute approximate surface area is 117 Å². The molecule has 1 rings (SSSR count). The van der Waals surface area contributed by atoms with Crippen LogP contribution in [0.5, 0.6) is 0 Å². The molecule has 0 spiro atoms. The zero-order valence-electron chi connectivity index (χ0n) is 12.1. The van der Waals surface area contributed by atoms with E-state index in [1.165, 1.54) is 6.07 Å². The molecular formula is C13H20N4O3. The minimum Gasteiger partial charge on any atom is -0.409 e. The fraction of sp³-hybridized carbons (Fsp3) is 0.462. The van der Waals surface area contributed by atoms with Crippen molar-refractivity contribution in [1.82, 2.24) is 0 Å². The number of nitro benzene ring substituents is 1. The Morgan fingerprint density at radius 3 is 2.50 bits per heavy atom. The maximum atomic E-state index is 11.2. The van der Waals surface area contributed by atoms with Gasteiger partial charge in [0.05, 0.1) is 4.92 Å². The van der Waals surface area contributed by atoms with E-state index in [0.717, 1.165) is 0 Å². The lowest BCUT2D eigenvalue weighted by atomic mass is 10.0. The van der Waals surface area contributed by atoms with Crippen LogP contribution in [0.1, 0.15) is 26.3 Å². The molecule has 0 aromatic heterocycles. The zero-order valence-corrected chi connectivity index (χ0v) is 12.1. The first kappa shape index (κ1) is 15.7. The van der Waals surface area contributed by atoms with E-state index in [0.29, 0.717) is 17.2 Å². The number of hydrogen-bond donors (Lipinski definition) is 2. The van der Waals surface area contributed by atoms with Crippen molar-refractivity contribution in [3.63, 3.8) is 0 Å². The Morgan fingerprint density at radius 1 is 1.45 bits per heavy atom. The number of benzene rings is 1. The number of nitro groups is 1. The van der Waals surface area contributed by atoms with E-state index in [2.05, 4.69) is 19.0 Å². The lowest BCUT2D eigenvalue weighted by molar-refractivity contribution is -0.384. The van der Waals surface area contributed by atoms with Crippen LogP contribution in [0.2, 0.25) is 0 Å². The molecule has 1 unspecified atom stereocenters. The highest BCUT2D eigenvalue weighted by Gasteiger charge is 2.23. The van der Waals surface area contributed by atoms with Gasteiger partial charge < -0.3 is 15.8 Å². The van der Waals surface area contributed by atoms with Crippen LogP contribution in [0, 0.1) is 16.0 Å². The normalized spacial score (nSPS) is 13.3. The summed E-state index contributed by atoms with van der Waals surface area (Å²) in [6.07, 6.45) is 0. The third-order valence-electron chi connectivity index (χ3n) is 3.53. The lowest BCUT2D eigenvalue weighted by Crippen LogP contribution is -2.33. The fourth-order valence-electron chi connectivity index (χ4n) is 1.85. The second-order valence-corrected chi connectivity index (χ2v) is 5.04. The molecule has 0 aliphatic heterocycles. The van der Waals surface area contributed by atoms with Gasteiger partial charge in [0.25, 0.3) is 5.69 Å². The smallest absolute Gasteiger partial charge is 0.293 e. The summed E-state index contributed by atoms with van der Waals surface area (Å²) in [4.78, 5) is 12.6. The van der Waals surface area contributed by atoms with E-state index in [9.17, 15) is 10.1 Å². The molecule has 0 radical (unpaired) electrons. The largest absolute Gasteiger partial charge is 0.409 e. The molecule has 1 aromatic carbocycles. The minimum absolute atomic E-state index is 0.0656. The van der Waals surface area contributed by atoms with E-state index in [-0.39, 0.29) is 17.6 Å². The lowest BCUT2D eigenvalue weighted by Gasteiger charge is -2.29. The van der Waals surface area contributed by atoms with Gasteiger partial charge >= 0.3 is 0 Å². The van der Waals surface area contributed by atoms with Crippen molar-refractivity contribution in [3.05, 3.63) is 33.9 Å². The van der Waals surface area contributed by atoms with Crippen LogP contribution >= 0.6 is 0 Å². The molecule has 0 aliphatic carbocycles. The summed E-state index contributed by atoms with van der Waals surface area (Å²) in [7, 11) is 1.82. The number of rotatable bonds is 5. The highest BCUT2D eigenvalue weighted by atomic mass is 16.6. The van der Waals surface area contributed by atoms with Crippen molar-refractivity contribution in [2.24, 2.45) is 16.8 Å². The Bertz CT molecular complexity index is 528. The number of nitrogens with two attached hydrogens (primary N) is 1. The van der Waals surface area contributed by atoms with Gasteiger partial charge in [-0.2, -0.15) is 0 Å². The quantitative estimate of drug-likeness (QED) is 0.283. The van der Waals surface area contributed by atoms with Crippen LogP contribution < -0.4 is 10.6 Å². The Kier molecular flexibility index (Phi) is 4.90. The molecule has 0 fully saturated rings. The third-order valence-corrected chi connectivity index (χ3v) is 3.53. The average molecular weight is 280 g/mol. The Balaban J connectivity index is 3.30. The van der Waals surface area contributed by atoms with Crippen LogP contribution in [0.15, 0.2) is 23.4 Å². The molecule has 7 heteroatoms. The summed E-state index contributed by atoms with van der Waals surface area (Å²) in [6.45, 7) is 6.11. The predicted molar refractivity (Wildman–Crippen MR) is 78.3 cm³/mol. The minimum atomic E-state index is -0.465. The first-order valence-corrected chi connectivity index (χ1v) is 6.28. The molecule has 0 bridgehead atoms. The molecule has 1 atom stereocenters. The van der Waals surface area contributed by atoms with E-state index < -0.39 is 4.92 Å². The molecule has 20 heavy (non-hydrogen) atoms. The van der Waals surface area contributed by atoms with Crippen LogP contribution in [0.4, 0.5) is 11.4 Å². The van der Waals surface area contributed by atoms with Gasteiger partial charge in [0.1, 0.15) is 5.69 Å². The van der Waals surface area contributed by atoms with E-state index in [1.807, 2.05) is 18.9 Å². The van der Waals surface area contributed by atoms with Crippen molar-refractivity contribution >= 4 is 17.2 Å². The Morgan fingerprint density at radius 2 is 2.05 bits per heavy atom. The van der Waals surface area contributed by atoms with Crippen LogP contribution in [-0.2, 0) is 0 Å². The van der Waals surface area contributed by atoms with Gasteiger partial charge in [-0.3, -0.25) is 10.1 Å². The highest BCUT2D eigenvalue weighted by Crippen LogP contribution is 2.30. The maximum absolute atomic E-state index is 11.2. The number of nitrogens with zero attached hydrogens (tertiary/aromatic N) is 3. The van der Waals surface area contributed by atoms with Gasteiger partial charge in [-0.25, -0.2) is 0 Å². The molecule has 7 nitrogen and oxygen atoms in total. The van der Waals surface area contributed by atoms with Crippen molar-refractivity contribution in [1.29, 1.82) is 0 Å². The summed E-state index contributed by atoms with van der Waals surface area (Å²) in [5, 5.41) is 22.7. The predicted octanol–water partition coefficient (Wildman–Crippen LogP) is 2.17. The molecule has 0 heterocycles. The van der Waals surface area contributed by atoms with E-state index in [4.69, 9.17) is 10.9 Å². The molecular weight excluding hydrogens is 260 g/mol. The fourth-order valence-corrected chi connectivity index (χ4v) is 1.85. The second kappa shape index (κ2) is 6.23. The summed E-state index contributed by atoms with van der Waals surface area (Å²) in [5.41, 5.74) is 6.21. The third kappa shape index (κ3) is 3.17. The van der Waals surface area contributed by atoms with Gasteiger partial charge in [0.15, 0.2) is 5.84 Å². The van der Waals surface area contributed by atoms with Crippen LogP contribution in [0.25, 0.3) is 0 Å². The van der Waals surface area contributed by atoms with Gasteiger partial charge in [-0.15, -0.1) is 0 Å². The van der Waals surface area contributed by atoms with Crippen molar-refractivity contribution in [2.75, 3.05) is 11.9 Å². The van der Waals surface area contributed by atoms with Crippen molar-refractivity contribution in [3.8, 4) is 0 Å². The first-order valence-electron chi connectivity index (χ1n) is 6.28. The van der Waals surface area contributed by atoms with Gasteiger partial charge in [-0.1, -0.05) is 19.0 Å². The zero-order chi connectivity index (χ0) is 15.4. The standard InChI is InChI=1S/C13H20N4O3/c1-8(2)9(3)16(4)11-6-5-10(13(14)15-18)7-12(11)17(19)20/h5-9,18H,1-4H3,(H2,14,15). The summed E-state index contributed by atoms with van der Waals surface area (Å²) >= 11 is 0. The molecule has 110 valence electrons. The molecule has 0 amide bonds. The molecule has 0 saturated heterocycles. The van der Waals surface area contributed by atoms with E-state index in [1.54, 1.807) is 12.1 Å². The topological polar surface area (TPSA) is 105 Å². The number of amidine groups is 1. The molecule has 3 N–H and O–H groups in total. The van der Waals surface area contributed by atoms with Crippen LogP contribution in [-0.4, -0.2) is 29.1 Å². The maximum Gasteiger partial charge on any atom is 0.293 e. The molecule has 0 saturated carbocycles. The van der Waals surface area contributed by atoms with Gasteiger partial charge in [-0.05, 0) is 25.0 Å². The monoisotopic (exact) mass is 280 g/mol. The van der Waals surface area contributed by atoms with E-state index >= 15 is 0 Å². The molecule has 0 aliphatic rings. The molecule has 1 aromatic rings. The van der Waals surface area contributed by atoms with Crippen LogP contribution in [0.3, 0.4) is 0 Å². The number of oxime groups is 1. The number of anilines is 1. The second-order valence-electron chi connectivity index (χ2n) is 5.04. The summed E-state index contributed by atoms with van der Waals surface area (Å²) in [5.74, 6) is 0.197. The summed E-state index contributed by atoms with van der Waals surface area (Å²) in [6, 6.07) is 4.67. The highest BCUT2D eigenvalue weighted by molar-refractivity contribution is 5.98. The van der Waals surface area contributed by atoms with Crippen molar-refractivity contribution in [2.45, 2.75) is 26.8 Å². The van der Waals surface area contributed by atoms with Gasteiger partial charge in [0.2, 0.25) is 0 Å². The number of hydrogen-bond acceptors (Lipinski definition) is 5. The SMILES string of the molecule is CC(C)C(C)N(C)c1ccc(C(N)=NO)cc1[N+](=O)[O-].